The lowest BCUT2D eigenvalue weighted by Crippen LogP contribution is -2.40. The molecule has 0 fully saturated rings. The predicted octanol–water partition coefficient (Wildman–Crippen LogP) is 5.03. The SMILES string of the molecule is CCOC(=O)C1=C(C)N=c2s/c(=C\c3ccccc3OCc3ccccc3C#N)c(=O)n2[C@H]1c1cc(OC)c(OC)cc1Br. The van der Waals surface area contributed by atoms with Crippen molar-refractivity contribution in [1.29, 1.82) is 5.26 Å². The molecule has 0 bridgehead atoms. The molecule has 0 unspecified atom stereocenters. The van der Waals surface area contributed by atoms with E-state index in [-0.39, 0.29) is 24.3 Å². The number of esters is 1. The lowest BCUT2D eigenvalue weighted by molar-refractivity contribution is -0.139. The Kier molecular flexibility index (Phi) is 9.32. The van der Waals surface area contributed by atoms with Gasteiger partial charge in [0.15, 0.2) is 16.3 Å². The van der Waals surface area contributed by atoms with Crippen LogP contribution in [0, 0.1) is 11.3 Å². The van der Waals surface area contributed by atoms with Crippen molar-refractivity contribution in [3.8, 4) is 23.3 Å². The van der Waals surface area contributed by atoms with E-state index in [1.165, 1.54) is 30.1 Å². The minimum atomic E-state index is -0.851. The molecule has 0 saturated heterocycles. The van der Waals surface area contributed by atoms with E-state index in [0.29, 0.717) is 53.4 Å². The van der Waals surface area contributed by atoms with E-state index in [9.17, 15) is 14.9 Å². The molecule has 224 valence electrons. The summed E-state index contributed by atoms with van der Waals surface area (Å²) in [5.41, 5.74) is 2.93. The number of nitrogens with zero attached hydrogens (tertiary/aromatic N) is 3. The number of allylic oxidation sites excluding steroid dienone is 1. The van der Waals surface area contributed by atoms with Gasteiger partial charge in [0, 0.05) is 15.6 Å². The fourth-order valence-electron chi connectivity index (χ4n) is 4.95. The molecule has 9 nitrogen and oxygen atoms in total. The average Bonchev–Trinajstić information content (AvgIpc) is 3.33. The molecule has 3 aromatic carbocycles. The molecule has 0 aliphatic carbocycles. The topological polar surface area (TPSA) is 112 Å². The van der Waals surface area contributed by atoms with Crippen molar-refractivity contribution in [2.75, 3.05) is 20.8 Å². The van der Waals surface area contributed by atoms with Crippen molar-refractivity contribution >= 4 is 39.3 Å². The first kappa shape index (κ1) is 30.8. The van der Waals surface area contributed by atoms with Gasteiger partial charge in [-0.1, -0.05) is 63.7 Å². The maximum atomic E-state index is 14.2. The van der Waals surface area contributed by atoms with Crippen LogP contribution in [0.1, 0.15) is 42.1 Å². The quantitative estimate of drug-likeness (QED) is 0.229. The number of hydrogen-bond donors (Lipinski definition) is 0. The third kappa shape index (κ3) is 5.91. The number of methoxy groups -OCH3 is 2. The van der Waals surface area contributed by atoms with Crippen molar-refractivity contribution < 1.29 is 23.7 Å². The molecule has 11 heteroatoms. The second kappa shape index (κ2) is 13.3. The van der Waals surface area contributed by atoms with Gasteiger partial charge >= 0.3 is 5.97 Å². The Labute approximate surface area is 266 Å². The fourth-order valence-corrected chi connectivity index (χ4v) is 6.53. The standard InChI is InChI=1S/C33H28BrN3O6S/c1-5-42-32(39)29-19(2)36-33-37(30(29)23-15-26(40-3)27(41-4)16-24(23)34)31(38)28(44-33)14-20-10-8-9-13-25(20)43-18-22-12-7-6-11-21(22)17-35/h6-16,30H,5,18H2,1-4H3/b28-14-/t30-/m0/s1. The first-order valence-corrected chi connectivity index (χ1v) is 15.2. The third-order valence-corrected chi connectivity index (χ3v) is 8.71. The molecular weight excluding hydrogens is 646 g/mol. The van der Waals surface area contributed by atoms with Gasteiger partial charge in [-0.2, -0.15) is 5.26 Å². The Morgan fingerprint density at radius 1 is 1.09 bits per heavy atom. The van der Waals surface area contributed by atoms with E-state index in [1.54, 1.807) is 44.2 Å². The maximum Gasteiger partial charge on any atom is 0.338 e. The number of halogens is 1. The molecule has 1 aliphatic heterocycles. The Morgan fingerprint density at radius 2 is 1.80 bits per heavy atom. The summed E-state index contributed by atoms with van der Waals surface area (Å²) in [5, 5.41) is 9.45. The van der Waals surface area contributed by atoms with Gasteiger partial charge in [0.25, 0.3) is 5.56 Å². The summed E-state index contributed by atoms with van der Waals surface area (Å²) >= 11 is 4.83. The summed E-state index contributed by atoms with van der Waals surface area (Å²) < 4.78 is 25.1. The highest BCUT2D eigenvalue weighted by Crippen LogP contribution is 2.40. The van der Waals surface area contributed by atoms with E-state index in [1.807, 2.05) is 36.4 Å². The van der Waals surface area contributed by atoms with Gasteiger partial charge in [0.1, 0.15) is 12.4 Å². The van der Waals surface area contributed by atoms with Crippen LogP contribution in [0.5, 0.6) is 17.2 Å². The molecule has 2 heterocycles. The highest BCUT2D eigenvalue weighted by atomic mass is 79.9. The minimum absolute atomic E-state index is 0.162. The Balaban J connectivity index is 1.65. The largest absolute Gasteiger partial charge is 0.493 e. The van der Waals surface area contributed by atoms with Crippen LogP contribution in [-0.4, -0.2) is 31.4 Å². The lowest BCUT2D eigenvalue weighted by Gasteiger charge is -2.26. The molecule has 5 rings (SSSR count). The number of thiazole rings is 1. The smallest absolute Gasteiger partial charge is 0.338 e. The maximum absolute atomic E-state index is 14.2. The van der Waals surface area contributed by atoms with Gasteiger partial charge in [-0.25, -0.2) is 9.79 Å². The number of nitriles is 1. The summed E-state index contributed by atoms with van der Waals surface area (Å²) in [6.07, 6.45) is 1.75. The van der Waals surface area contributed by atoms with Crippen molar-refractivity contribution in [2.24, 2.45) is 4.99 Å². The molecule has 1 aromatic heterocycles. The number of hydrogen-bond acceptors (Lipinski definition) is 9. The van der Waals surface area contributed by atoms with Crippen LogP contribution < -0.4 is 29.1 Å². The second-order valence-corrected chi connectivity index (χ2v) is 11.5. The monoisotopic (exact) mass is 673 g/mol. The van der Waals surface area contributed by atoms with Crippen LogP contribution >= 0.6 is 27.3 Å². The van der Waals surface area contributed by atoms with Crippen molar-refractivity contribution in [1.82, 2.24) is 4.57 Å². The van der Waals surface area contributed by atoms with Gasteiger partial charge in [-0.15, -0.1) is 0 Å². The molecule has 0 amide bonds. The van der Waals surface area contributed by atoms with Crippen LogP contribution in [0.2, 0.25) is 0 Å². The number of aromatic nitrogens is 1. The summed E-state index contributed by atoms with van der Waals surface area (Å²) in [6, 6.07) is 19.4. The minimum Gasteiger partial charge on any atom is -0.493 e. The number of rotatable bonds is 9. The summed E-state index contributed by atoms with van der Waals surface area (Å²) in [4.78, 5) is 32.6. The zero-order chi connectivity index (χ0) is 31.4. The first-order valence-electron chi connectivity index (χ1n) is 13.6. The molecule has 0 radical (unpaired) electrons. The molecule has 1 aliphatic rings. The van der Waals surface area contributed by atoms with Crippen molar-refractivity contribution in [2.45, 2.75) is 26.5 Å². The summed E-state index contributed by atoms with van der Waals surface area (Å²) in [7, 11) is 3.05. The zero-order valence-electron chi connectivity index (χ0n) is 24.4. The first-order chi connectivity index (χ1) is 21.3. The highest BCUT2D eigenvalue weighted by Gasteiger charge is 2.35. The third-order valence-electron chi connectivity index (χ3n) is 7.04. The van der Waals surface area contributed by atoms with E-state index in [2.05, 4.69) is 27.0 Å². The predicted molar refractivity (Wildman–Crippen MR) is 170 cm³/mol. The zero-order valence-corrected chi connectivity index (χ0v) is 26.8. The Bertz CT molecular complexity index is 2010. The van der Waals surface area contributed by atoms with Gasteiger partial charge in [-0.05, 0) is 49.8 Å². The average molecular weight is 675 g/mol. The van der Waals surface area contributed by atoms with Gasteiger partial charge < -0.3 is 18.9 Å². The molecular formula is C33H28BrN3O6S. The van der Waals surface area contributed by atoms with Gasteiger partial charge in [-0.3, -0.25) is 9.36 Å². The van der Waals surface area contributed by atoms with E-state index in [4.69, 9.17) is 18.9 Å². The number of para-hydroxylation sites is 1. The van der Waals surface area contributed by atoms with Gasteiger partial charge in [0.2, 0.25) is 0 Å². The Morgan fingerprint density at radius 3 is 2.52 bits per heavy atom. The molecule has 4 aromatic rings. The van der Waals surface area contributed by atoms with Crippen LogP contribution in [0.25, 0.3) is 6.08 Å². The molecule has 0 saturated carbocycles. The van der Waals surface area contributed by atoms with E-state index >= 15 is 0 Å². The van der Waals surface area contributed by atoms with Crippen LogP contribution in [-0.2, 0) is 16.1 Å². The summed E-state index contributed by atoms with van der Waals surface area (Å²) in [6.45, 7) is 3.80. The number of carbonyl (C=O) groups is 1. The summed E-state index contributed by atoms with van der Waals surface area (Å²) in [5.74, 6) is 0.914. The molecule has 0 spiro atoms. The number of benzene rings is 3. The van der Waals surface area contributed by atoms with Crippen molar-refractivity contribution in [3.05, 3.63) is 118 Å². The van der Waals surface area contributed by atoms with Crippen LogP contribution in [0.4, 0.5) is 0 Å². The van der Waals surface area contributed by atoms with Crippen LogP contribution in [0.15, 0.2) is 86.2 Å². The van der Waals surface area contributed by atoms with Crippen LogP contribution in [0.3, 0.4) is 0 Å². The molecule has 44 heavy (non-hydrogen) atoms. The second-order valence-electron chi connectivity index (χ2n) is 9.63. The number of carbonyl (C=O) groups excluding carboxylic acids is 1. The normalized spacial score (nSPS) is 14.4. The highest BCUT2D eigenvalue weighted by molar-refractivity contribution is 9.10. The van der Waals surface area contributed by atoms with E-state index in [0.717, 1.165) is 5.56 Å². The Hall–Kier alpha value is -4.66. The van der Waals surface area contributed by atoms with Crippen molar-refractivity contribution in [3.63, 3.8) is 0 Å². The lowest BCUT2D eigenvalue weighted by atomic mass is 9.95. The molecule has 1 atom stereocenters. The number of fused-ring (bicyclic) bond motifs is 1. The number of ether oxygens (including phenoxy) is 4. The fraction of sp³-hybridized carbons (Fsp3) is 0.212. The molecule has 0 N–H and O–H groups in total. The van der Waals surface area contributed by atoms with E-state index < -0.39 is 12.0 Å². The van der Waals surface area contributed by atoms with Gasteiger partial charge in [0.05, 0.1) is 54.3 Å².